The van der Waals surface area contributed by atoms with E-state index in [4.69, 9.17) is 14.2 Å². The van der Waals surface area contributed by atoms with Gasteiger partial charge < -0.3 is 19.5 Å². The van der Waals surface area contributed by atoms with E-state index in [9.17, 15) is 9.59 Å². The molecule has 6 nitrogen and oxygen atoms in total. The normalized spacial score (nSPS) is 14.9. The first-order chi connectivity index (χ1) is 13.0. The topological polar surface area (TPSA) is 73.9 Å². The fourth-order valence-corrected chi connectivity index (χ4v) is 2.95. The van der Waals surface area contributed by atoms with Crippen molar-refractivity contribution in [1.82, 2.24) is 0 Å². The Labute approximate surface area is 158 Å². The van der Waals surface area contributed by atoms with Crippen LogP contribution in [0.5, 0.6) is 17.2 Å². The van der Waals surface area contributed by atoms with E-state index >= 15 is 0 Å². The molecule has 6 heteroatoms. The Morgan fingerprint density at radius 3 is 2.78 bits per heavy atom. The molecule has 0 radical (unpaired) electrons. The first-order valence-corrected chi connectivity index (χ1v) is 8.96. The molecule has 1 heterocycles. The summed E-state index contributed by atoms with van der Waals surface area (Å²) in [7, 11) is 0. The fraction of sp³-hybridized carbons (Fsp3) is 0.333. The second kappa shape index (κ2) is 8.12. The molecule has 1 N–H and O–H groups in total. The van der Waals surface area contributed by atoms with E-state index in [1.54, 1.807) is 30.3 Å². The molecule has 1 amide bonds. The molecule has 0 bridgehead atoms. The zero-order chi connectivity index (χ0) is 19.4. The predicted octanol–water partition coefficient (Wildman–Crippen LogP) is 3.63. The second-order valence-electron chi connectivity index (χ2n) is 6.44. The van der Waals surface area contributed by atoms with Gasteiger partial charge in [0.05, 0.1) is 12.3 Å². The number of rotatable bonds is 7. The van der Waals surface area contributed by atoms with Crippen LogP contribution in [-0.2, 0) is 11.2 Å². The van der Waals surface area contributed by atoms with Gasteiger partial charge in [-0.25, -0.2) is 0 Å². The molecule has 0 saturated carbocycles. The minimum Gasteiger partial charge on any atom is -0.492 e. The van der Waals surface area contributed by atoms with Crippen LogP contribution in [0.3, 0.4) is 0 Å². The van der Waals surface area contributed by atoms with Gasteiger partial charge in [0.2, 0.25) is 0 Å². The van der Waals surface area contributed by atoms with Gasteiger partial charge in [0.15, 0.2) is 12.4 Å². The average Bonchev–Trinajstić information content (AvgIpc) is 2.99. The molecule has 0 saturated heterocycles. The largest absolute Gasteiger partial charge is 0.492 e. The van der Waals surface area contributed by atoms with Crippen molar-refractivity contribution >= 4 is 17.4 Å². The Balaban J connectivity index is 1.68. The number of amides is 1. The molecule has 142 valence electrons. The molecule has 1 aliphatic heterocycles. The third kappa shape index (κ3) is 4.58. The van der Waals surface area contributed by atoms with Gasteiger partial charge in [0.1, 0.15) is 23.4 Å². The van der Waals surface area contributed by atoms with Crippen LogP contribution in [-0.4, -0.2) is 31.0 Å². The summed E-state index contributed by atoms with van der Waals surface area (Å²) in [6.07, 6.45) is 0.927. The van der Waals surface area contributed by atoms with Crippen molar-refractivity contribution in [3.8, 4) is 17.2 Å². The maximum atomic E-state index is 12.3. The number of ether oxygens (including phenoxy) is 3. The number of nitrogens with one attached hydrogen (secondary N) is 1. The summed E-state index contributed by atoms with van der Waals surface area (Å²) in [6, 6.07) is 10.4. The minimum absolute atomic E-state index is 0.0568. The number of ketones is 1. The molecule has 1 atom stereocenters. The van der Waals surface area contributed by atoms with Crippen LogP contribution in [0.2, 0.25) is 0 Å². The molecule has 0 unspecified atom stereocenters. The molecule has 0 aliphatic carbocycles. The number of hydrogen-bond acceptors (Lipinski definition) is 5. The first-order valence-electron chi connectivity index (χ1n) is 8.96. The SMILES string of the molecule is CCOc1cc2c(cc1NC(=O)COc1cccc(C(C)=O)c1)O[C@H](C)C2. The van der Waals surface area contributed by atoms with Crippen LogP contribution in [0.1, 0.15) is 36.7 Å². The molecule has 1 aliphatic rings. The van der Waals surface area contributed by atoms with Crippen LogP contribution in [0.15, 0.2) is 36.4 Å². The van der Waals surface area contributed by atoms with E-state index in [-0.39, 0.29) is 24.4 Å². The Morgan fingerprint density at radius 1 is 1.22 bits per heavy atom. The van der Waals surface area contributed by atoms with Gasteiger partial charge in [0, 0.05) is 23.6 Å². The summed E-state index contributed by atoms with van der Waals surface area (Å²) in [6.45, 7) is 5.69. The van der Waals surface area contributed by atoms with Crippen molar-refractivity contribution in [1.29, 1.82) is 0 Å². The number of carbonyl (C=O) groups excluding carboxylic acids is 2. The van der Waals surface area contributed by atoms with E-state index in [1.807, 2.05) is 19.9 Å². The van der Waals surface area contributed by atoms with Gasteiger partial charge in [0.25, 0.3) is 5.91 Å². The van der Waals surface area contributed by atoms with Crippen molar-refractivity contribution < 1.29 is 23.8 Å². The third-order valence-electron chi connectivity index (χ3n) is 4.18. The van der Waals surface area contributed by atoms with Crippen molar-refractivity contribution in [2.75, 3.05) is 18.5 Å². The summed E-state index contributed by atoms with van der Waals surface area (Å²) in [5, 5.41) is 2.81. The van der Waals surface area contributed by atoms with Crippen LogP contribution in [0.25, 0.3) is 0 Å². The lowest BCUT2D eigenvalue weighted by Crippen LogP contribution is -2.20. The molecule has 0 aromatic heterocycles. The highest BCUT2D eigenvalue weighted by Crippen LogP contribution is 2.38. The monoisotopic (exact) mass is 369 g/mol. The molecular weight excluding hydrogens is 346 g/mol. The average molecular weight is 369 g/mol. The highest BCUT2D eigenvalue weighted by Gasteiger charge is 2.22. The van der Waals surface area contributed by atoms with E-state index in [0.717, 1.165) is 17.7 Å². The Hall–Kier alpha value is -3.02. The van der Waals surface area contributed by atoms with E-state index in [2.05, 4.69) is 5.32 Å². The number of hydrogen-bond donors (Lipinski definition) is 1. The second-order valence-corrected chi connectivity index (χ2v) is 6.44. The van der Waals surface area contributed by atoms with Crippen molar-refractivity contribution in [2.24, 2.45) is 0 Å². The van der Waals surface area contributed by atoms with E-state index in [0.29, 0.717) is 29.4 Å². The highest BCUT2D eigenvalue weighted by atomic mass is 16.5. The van der Waals surface area contributed by atoms with Gasteiger partial charge >= 0.3 is 0 Å². The van der Waals surface area contributed by atoms with Crippen LogP contribution < -0.4 is 19.5 Å². The van der Waals surface area contributed by atoms with Crippen molar-refractivity contribution in [3.63, 3.8) is 0 Å². The lowest BCUT2D eigenvalue weighted by molar-refractivity contribution is -0.118. The van der Waals surface area contributed by atoms with Crippen LogP contribution >= 0.6 is 0 Å². The van der Waals surface area contributed by atoms with Gasteiger partial charge in [-0.2, -0.15) is 0 Å². The van der Waals surface area contributed by atoms with Crippen LogP contribution in [0, 0.1) is 0 Å². The Morgan fingerprint density at radius 2 is 2.04 bits per heavy atom. The Bertz CT molecular complexity index is 862. The van der Waals surface area contributed by atoms with Crippen molar-refractivity contribution in [3.05, 3.63) is 47.5 Å². The lowest BCUT2D eigenvalue weighted by Gasteiger charge is -2.14. The molecular formula is C21H23NO5. The summed E-state index contributed by atoms with van der Waals surface area (Å²) < 4.78 is 16.9. The zero-order valence-electron chi connectivity index (χ0n) is 15.7. The standard InChI is InChI=1S/C21H23NO5/c1-4-25-20-10-16-8-13(2)27-19(16)11-18(20)22-21(24)12-26-17-7-5-6-15(9-17)14(3)23/h5-7,9-11,13H,4,8,12H2,1-3H3,(H,22,24)/t13-/m1/s1. The maximum absolute atomic E-state index is 12.3. The Kier molecular flexibility index (Phi) is 5.64. The molecule has 3 rings (SSSR count). The fourth-order valence-electron chi connectivity index (χ4n) is 2.95. The minimum atomic E-state index is -0.324. The zero-order valence-corrected chi connectivity index (χ0v) is 15.7. The first kappa shape index (κ1) is 18.8. The smallest absolute Gasteiger partial charge is 0.262 e. The van der Waals surface area contributed by atoms with Gasteiger partial charge in [-0.15, -0.1) is 0 Å². The lowest BCUT2D eigenvalue weighted by atomic mass is 10.1. The van der Waals surface area contributed by atoms with E-state index < -0.39 is 0 Å². The molecule has 0 spiro atoms. The molecule has 2 aromatic rings. The van der Waals surface area contributed by atoms with E-state index in [1.165, 1.54) is 6.92 Å². The summed E-state index contributed by atoms with van der Waals surface area (Å²) in [4.78, 5) is 23.8. The summed E-state index contributed by atoms with van der Waals surface area (Å²) >= 11 is 0. The summed E-state index contributed by atoms with van der Waals surface area (Å²) in [5.74, 6) is 1.46. The number of Topliss-reactive ketones (excluding diaryl/α,β-unsaturated/α-hetero) is 1. The molecule has 0 fully saturated rings. The van der Waals surface area contributed by atoms with Gasteiger partial charge in [-0.1, -0.05) is 12.1 Å². The van der Waals surface area contributed by atoms with Gasteiger partial charge in [-0.3, -0.25) is 9.59 Å². The maximum Gasteiger partial charge on any atom is 0.262 e. The quantitative estimate of drug-likeness (QED) is 0.755. The highest BCUT2D eigenvalue weighted by molar-refractivity contribution is 5.95. The molecule has 2 aromatic carbocycles. The summed E-state index contributed by atoms with van der Waals surface area (Å²) in [5.41, 5.74) is 2.16. The van der Waals surface area contributed by atoms with Crippen molar-refractivity contribution in [2.45, 2.75) is 33.3 Å². The van der Waals surface area contributed by atoms with Crippen LogP contribution in [0.4, 0.5) is 5.69 Å². The number of carbonyl (C=O) groups is 2. The third-order valence-corrected chi connectivity index (χ3v) is 4.18. The predicted molar refractivity (Wildman–Crippen MR) is 102 cm³/mol. The number of fused-ring (bicyclic) bond motifs is 1. The number of anilines is 1. The molecule has 27 heavy (non-hydrogen) atoms. The van der Waals surface area contributed by atoms with Gasteiger partial charge in [-0.05, 0) is 39.0 Å². The number of benzene rings is 2.